The van der Waals surface area contributed by atoms with Gasteiger partial charge in [-0.05, 0) is 26.3 Å². The predicted octanol–water partition coefficient (Wildman–Crippen LogP) is 1.21. The molecule has 15 heavy (non-hydrogen) atoms. The maximum absolute atomic E-state index is 5.51. The number of nitrogens with two attached hydrogens (primary N) is 1. The van der Waals surface area contributed by atoms with Crippen LogP contribution in [-0.2, 0) is 6.42 Å². The van der Waals surface area contributed by atoms with E-state index in [1.807, 2.05) is 0 Å². The first-order valence-corrected chi connectivity index (χ1v) is 5.57. The highest BCUT2D eigenvalue weighted by Gasteiger charge is 2.05. The monoisotopic (exact) mass is 208 g/mol. The molecule has 0 fully saturated rings. The van der Waals surface area contributed by atoms with Crippen molar-refractivity contribution < 1.29 is 0 Å². The van der Waals surface area contributed by atoms with Crippen molar-refractivity contribution in [3.63, 3.8) is 0 Å². The molecule has 1 heterocycles. The fourth-order valence-corrected chi connectivity index (χ4v) is 1.47. The maximum Gasteiger partial charge on any atom is 0.132 e. The third-order valence-corrected chi connectivity index (χ3v) is 2.41. The molecule has 84 valence electrons. The van der Waals surface area contributed by atoms with Crippen molar-refractivity contribution in [2.24, 2.45) is 5.73 Å². The molecular formula is C11H20N4. The summed E-state index contributed by atoms with van der Waals surface area (Å²) in [7, 11) is 0. The van der Waals surface area contributed by atoms with Crippen LogP contribution in [-0.4, -0.2) is 29.6 Å². The Labute approximate surface area is 91.5 Å². The quantitative estimate of drug-likeness (QED) is 0.763. The number of hydrogen-bond donors (Lipinski definition) is 1. The first-order chi connectivity index (χ1) is 7.31. The molecule has 0 unspecified atom stereocenters. The van der Waals surface area contributed by atoms with Crippen LogP contribution in [0.3, 0.4) is 0 Å². The third-order valence-electron chi connectivity index (χ3n) is 2.41. The lowest BCUT2D eigenvalue weighted by molar-refractivity contribution is 0.741. The van der Waals surface area contributed by atoms with Crippen LogP contribution >= 0.6 is 0 Å². The van der Waals surface area contributed by atoms with Crippen LogP contribution in [0.1, 0.15) is 26.0 Å². The van der Waals surface area contributed by atoms with Gasteiger partial charge in [0.15, 0.2) is 0 Å². The van der Waals surface area contributed by atoms with Crippen LogP contribution in [0, 0.1) is 0 Å². The van der Waals surface area contributed by atoms with Crippen molar-refractivity contribution in [2.45, 2.75) is 26.7 Å². The van der Waals surface area contributed by atoms with Gasteiger partial charge in [-0.3, -0.25) is 0 Å². The Hall–Kier alpha value is -1.16. The second-order valence-corrected chi connectivity index (χ2v) is 3.44. The molecule has 0 spiro atoms. The van der Waals surface area contributed by atoms with Crippen LogP contribution in [0.5, 0.6) is 0 Å². The number of aromatic nitrogens is 2. The van der Waals surface area contributed by atoms with Gasteiger partial charge in [-0.15, -0.1) is 0 Å². The standard InChI is InChI=1S/C11H20N4/c1-3-10-8-11(14-9-13-10)15(4-2)7-5-6-12/h8-9H,3-7,12H2,1-2H3. The minimum absolute atomic E-state index is 0.724. The summed E-state index contributed by atoms with van der Waals surface area (Å²) in [6, 6.07) is 2.06. The Morgan fingerprint density at radius 1 is 1.33 bits per heavy atom. The molecule has 0 amide bonds. The van der Waals surface area contributed by atoms with Crippen molar-refractivity contribution in [3.8, 4) is 0 Å². The fraction of sp³-hybridized carbons (Fsp3) is 0.636. The summed E-state index contributed by atoms with van der Waals surface area (Å²) in [5.41, 5.74) is 6.60. The van der Waals surface area contributed by atoms with E-state index in [4.69, 9.17) is 5.73 Å². The molecule has 0 aliphatic heterocycles. The minimum atomic E-state index is 0.724. The predicted molar refractivity (Wildman–Crippen MR) is 63.0 cm³/mol. The zero-order chi connectivity index (χ0) is 11.1. The normalized spacial score (nSPS) is 10.3. The van der Waals surface area contributed by atoms with Gasteiger partial charge in [-0.2, -0.15) is 0 Å². The summed E-state index contributed by atoms with van der Waals surface area (Å²) in [5, 5.41) is 0. The molecule has 0 aliphatic carbocycles. The fourth-order valence-electron chi connectivity index (χ4n) is 1.47. The lowest BCUT2D eigenvalue weighted by Gasteiger charge is -2.21. The van der Waals surface area contributed by atoms with Gasteiger partial charge in [0.25, 0.3) is 0 Å². The molecule has 0 atom stereocenters. The van der Waals surface area contributed by atoms with Gasteiger partial charge >= 0.3 is 0 Å². The summed E-state index contributed by atoms with van der Waals surface area (Å²) >= 11 is 0. The molecule has 0 saturated carbocycles. The summed E-state index contributed by atoms with van der Waals surface area (Å²) in [4.78, 5) is 10.7. The van der Waals surface area contributed by atoms with Crippen LogP contribution in [0.15, 0.2) is 12.4 Å². The topological polar surface area (TPSA) is 55.0 Å². The van der Waals surface area contributed by atoms with Crippen molar-refractivity contribution >= 4 is 5.82 Å². The number of nitrogens with zero attached hydrogens (tertiary/aromatic N) is 3. The van der Waals surface area contributed by atoms with E-state index < -0.39 is 0 Å². The molecule has 0 aliphatic rings. The number of rotatable bonds is 6. The van der Waals surface area contributed by atoms with E-state index in [2.05, 4.69) is 34.8 Å². The molecule has 0 radical (unpaired) electrons. The molecule has 1 aromatic heterocycles. The molecule has 0 saturated heterocycles. The van der Waals surface area contributed by atoms with Crippen LogP contribution < -0.4 is 10.6 Å². The van der Waals surface area contributed by atoms with Gasteiger partial charge in [0.05, 0.1) is 0 Å². The van der Waals surface area contributed by atoms with E-state index in [0.29, 0.717) is 0 Å². The summed E-state index contributed by atoms with van der Waals surface area (Å²) < 4.78 is 0. The van der Waals surface area contributed by atoms with Gasteiger partial charge in [0, 0.05) is 24.8 Å². The van der Waals surface area contributed by atoms with Crippen molar-refractivity contribution in [3.05, 3.63) is 18.1 Å². The maximum atomic E-state index is 5.51. The average molecular weight is 208 g/mol. The lowest BCUT2D eigenvalue weighted by Crippen LogP contribution is -2.26. The molecular weight excluding hydrogens is 188 g/mol. The van der Waals surface area contributed by atoms with Gasteiger partial charge in [-0.1, -0.05) is 6.92 Å². The van der Waals surface area contributed by atoms with E-state index >= 15 is 0 Å². The van der Waals surface area contributed by atoms with E-state index in [-0.39, 0.29) is 0 Å². The third kappa shape index (κ3) is 3.47. The smallest absolute Gasteiger partial charge is 0.132 e. The van der Waals surface area contributed by atoms with Crippen LogP contribution in [0.4, 0.5) is 5.82 Å². The SMILES string of the molecule is CCc1cc(N(CC)CCCN)ncn1. The number of anilines is 1. The largest absolute Gasteiger partial charge is 0.357 e. The molecule has 1 rings (SSSR count). The summed E-state index contributed by atoms with van der Waals surface area (Å²) in [6.45, 7) is 6.88. The van der Waals surface area contributed by atoms with Crippen molar-refractivity contribution in [2.75, 3.05) is 24.5 Å². The van der Waals surface area contributed by atoms with E-state index in [1.165, 1.54) is 0 Å². The Kier molecular flexibility index (Phi) is 5.04. The number of hydrogen-bond acceptors (Lipinski definition) is 4. The number of aryl methyl sites for hydroxylation is 1. The Balaban J connectivity index is 2.72. The summed E-state index contributed by atoms with van der Waals surface area (Å²) in [6.07, 6.45) is 3.59. The average Bonchev–Trinajstić information content (AvgIpc) is 2.30. The molecule has 2 N–H and O–H groups in total. The Morgan fingerprint density at radius 3 is 2.73 bits per heavy atom. The van der Waals surface area contributed by atoms with Crippen LogP contribution in [0.2, 0.25) is 0 Å². The summed E-state index contributed by atoms with van der Waals surface area (Å²) in [5.74, 6) is 1.01. The van der Waals surface area contributed by atoms with E-state index in [0.717, 1.165) is 44.0 Å². The molecule has 0 aromatic carbocycles. The van der Waals surface area contributed by atoms with Crippen LogP contribution in [0.25, 0.3) is 0 Å². The highest BCUT2D eigenvalue weighted by atomic mass is 15.2. The van der Waals surface area contributed by atoms with Crippen molar-refractivity contribution in [1.29, 1.82) is 0 Å². The molecule has 0 bridgehead atoms. The first-order valence-electron chi connectivity index (χ1n) is 5.57. The lowest BCUT2D eigenvalue weighted by atomic mass is 10.3. The highest BCUT2D eigenvalue weighted by Crippen LogP contribution is 2.11. The molecule has 4 nitrogen and oxygen atoms in total. The van der Waals surface area contributed by atoms with Gasteiger partial charge in [-0.25, -0.2) is 9.97 Å². The van der Waals surface area contributed by atoms with E-state index in [9.17, 15) is 0 Å². The zero-order valence-electron chi connectivity index (χ0n) is 9.61. The Bertz CT molecular complexity index is 288. The molecule has 4 heteroatoms. The van der Waals surface area contributed by atoms with Gasteiger partial charge < -0.3 is 10.6 Å². The van der Waals surface area contributed by atoms with Gasteiger partial charge in [0.2, 0.25) is 0 Å². The first kappa shape index (κ1) is 11.9. The second kappa shape index (κ2) is 6.35. The Morgan fingerprint density at radius 2 is 2.13 bits per heavy atom. The zero-order valence-corrected chi connectivity index (χ0v) is 9.61. The highest BCUT2D eigenvalue weighted by molar-refractivity contribution is 5.38. The minimum Gasteiger partial charge on any atom is -0.357 e. The molecule has 1 aromatic rings. The van der Waals surface area contributed by atoms with E-state index in [1.54, 1.807) is 6.33 Å². The van der Waals surface area contributed by atoms with Gasteiger partial charge in [0.1, 0.15) is 12.1 Å². The van der Waals surface area contributed by atoms with Crippen molar-refractivity contribution in [1.82, 2.24) is 9.97 Å². The second-order valence-electron chi connectivity index (χ2n) is 3.44.